The summed E-state index contributed by atoms with van der Waals surface area (Å²) in [6.07, 6.45) is 9.76. The molecule has 1 saturated carbocycles. The van der Waals surface area contributed by atoms with Gasteiger partial charge in [0.1, 0.15) is 0 Å². The third kappa shape index (κ3) is 5.35. The van der Waals surface area contributed by atoms with E-state index in [9.17, 15) is 4.79 Å². The van der Waals surface area contributed by atoms with E-state index >= 15 is 0 Å². The first-order valence-electron chi connectivity index (χ1n) is 5.42. The van der Waals surface area contributed by atoms with Crippen LogP contribution in [-0.4, -0.2) is 10.9 Å². The Morgan fingerprint density at radius 2 is 2.00 bits per heavy atom. The fourth-order valence-corrected chi connectivity index (χ4v) is 2.66. The lowest BCUT2D eigenvalue weighted by Gasteiger charge is -2.20. The van der Waals surface area contributed by atoms with Crippen LogP contribution in [0.4, 0.5) is 0 Å². The van der Waals surface area contributed by atoms with E-state index in [-0.39, 0.29) is 5.12 Å². The molecule has 0 atom stereocenters. The van der Waals surface area contributed by atoms with Crippen LogP contribution in [0.25, 0.3) is 0 Å². The summed E-state index contributed by atoms with van der Waals surface area (Å²) in [6, 6.07) is 0. The second kappa shape index (κ2) is 6.47. The largest absolute Gasteiger partial charge is 0.288 e. The van der Waals surface area contributed by atoms with Crippen LogP contribution in [-0.2, 0) is 4.79 Å². The van der Waals surface area contributed by atoms with Crippen molar-refractivity contribution in [3.05, 3.63) is 0 Å². The Labute approximate surface area is 85.7 Å². The summed E-state index contributed by atoms with van der Waals surface area (Å²) in [5, 5.41) is 0.267. The maximum atomic E-state index is 10.7. The van der Waals surface area contributed by atoms with Crippen molar-refractivity contribution >= 4 is 16.9 Å². The lowest BCUT2D eigenvalue weighted by Crippen LogP contribution is -2.06. The van der Waals surface area contributed by atoms with Gasteiger partial charge in [0, 0.05) is 12.7 Å². The molecule has 0 aromatic rings. The second-order valence-corrected chi connectivity index (χ2v) is 5.26. The zero-order chi connectivity index (χ0) is 9.52. The third-order valence-electron chi connectivity index (χ3n) is 2.79. The molecular formula is C11H20OS. The number of rotatable bonds is 4. The number of carbonyl (C=O) groups is 1. The average Bonchev–Trinajstić information content (AvgIpc) is 2.14. The van der Waals surface area contributed by atoms with Crippen LogP contribution in [0.2, 0.25) is 0 Å². The first kappa shape index (κ1) is 11.1. The van der Waals surface area contributed by atoms with Crippen LogP contribution < -0.4 is 0 Å². The lowest BCUT2D eigenvalue weighted by molar-refractivity contribution is -0.109. The molecule has 1 rings (SSSR count). The summed E-state index contributed by atoms with van der Waals surface area (Å²) < 4.78 is 0. The quantitative estimate of drug-likeness (QED) is 0.645. The molecule has 0 heterocycles. The minimum absolute atomic E-state index is 0.267. The first-order chi connectivity index (χ1) is 6.29. The molecular weight excluding hydrogens is 180 g/mol. The number of carbonyl (C=O) groups excluding carboxylic acids is 1. The molecule has 13 heavy (non-hydrogen) atoms. The van der Waals surface area contributed by atoms with Gasteiger partial charge in [-0.05, 0) is 18.8 Å². The van der Waals surface area contributed by atoms with Crippen LogP contribution >= 0.6 is 11.8 Å². The van der Waals surface area contributed by atoms with Crippen molar-refractivity contribution in [2.45, 2.75) is 51.9 Å². The zero-order valence-electron chi connectivity index (χ0n) is 8.55. The Balaban J connectivity index is 1.95. The molecule has 1 fully saturated rings. The van der Waals surface area contributed by atoms with E-state index in [1.54, 1.807) is 6.92 Å². The van der Waals surface area contributed by atoms with Gasteiger partial charge in [-0.3, -0.25) is 4.79 Å². The van der Waals surface area contributed by atoms with Crippen LogP contribution in [0.1, 0.15) is 51.9 Å². The average molecular weight is 200 g/mol. The predicted molar refractivity (Wildman–Crippen MR) is 58.9 cm³/mol. The zero-order valence-corrected chi connectivity index (χ0v) is 9.37. The molecule has 0 radical (unpaired) electrons. The van der Waals surface area contributed by atoms with E-state index in [2.05, 4.69) is 0 Å². The topological polar surface area (TPSA) is 17.1 Å². The lowest BCUT2D eigenvalue weighted by atomic mass is 9.86. The Hall–Kier alpha value is 0.0200. The molecule has 76 valence electrons. The summed E-state index contributed by atoms with van der Waals surface area (Å²) in [5.74, 6) is 2.01. The monoisotopic (exact) mass is 200 g/mol. The minimum atomic E-state index is 0.267. The van der Waals surface area contributed by atoms with Gasteiger partial charge in [0.05, 0.1) is 0 Å². The molecule has 0 saturated heterocycles. The van der Waals surface area contributed by atoms with Crippen molar-refractivity contribution in [3.8, 4) is 0 Å². The van der Waals surface area contributed by atoms with E-state index in [1.165, 1.54) is 56.7 Å². The van der Waals surface area contributed by atoms with E-state index in [0.29, 0.717) is 0 Å². The molecule has 0 spiro atoms. The minimum Gasteiger partial charge on any atom is -0.288 e. The SMILES string of the molecule is CC(=O)SCCCC1CCCCC1. The van der Waals surface area contributed by atoms with E-state index in [1.807, 2.05) is 0 Å². The highest BCUT2D eigenvalue weighted by Crippen LogP contribution is 2.27. The first-order valence-corrected chi connectivity index (χ1v) is 6.41. The van der Waals surface area contributed by atoms with Crippen molar-refractivity contribution in [2.24, 2.45) is 5.92 Å². The standard InChI is InChI=1S/C11H20OS/c1-10(12)13-9-5-8-11-6-3-2-4-7-11/h11H,2-9H2,1H3. The normalized spacial score (nSPS) is 18.8. The maximum absolute atomic E-state index is 10.7. The van der Waals surface area contributed by atoms with Gasteiger partial charge in [-0.2, -0.15) is 0 Å². The van der Waals surface area contributed by atoms with Crippen LogP contribution in [0.15, 0.2) is 0 Å². The molecule has 0 amide bonds. The van der Waals surface area contributed by atoms with Gasteiger partial charge in [0.2, 0.25) is 0 Å². The van der Waals surface area contributed by atoms with Gasteiger partial charge in [-0.1, -0.05) is 43.9 Å². The van der Waals surface area contributed by atoms with Crippen molar-refractivity contribution < 1.29 is 4.79 Å². The van der Waals surface area contributed by atoms with Crippen molar-refractivity contribution in [1.29, 1.82) is 0 Å². The van der Waals surface area contributed by atoms with Crippen molar-refractivity contribution in [2.75, 3.05) is 5.75 Å². The highest BCUT2D eigenvalue weighted by Gasteiger charge is 2.12. The van der Waals surface area contributed by atoms with Gasteiger partial charge in [-0.25, -0.2) is 0 Å². The van der Waals surface area contributed by atoms with Crippen LogP contribution in [0.5, 0.6) is 0 Å². The van der Waals surface area contributed by atoms with Crippen molar-refractivity contribution in [3.63, 3.8) is 0 Å². The number of thioether (sulfide) groups is 1. The Kier molecular flexibility index (Phi) is 5.52. The fourth-order valence-electron chi connectivity index (χ4n) is 2.06. The van der Waals surface area contributed by atoms with Gasteiger partial charge >= 0.3 is 0 Å². The van der Waals surface area contributed by atoms with Gasteiger partial charge in [0.15, 0.2) is 5.12 Å². The molecule has 1 aliphatic carbocycles. The van der Waals surface area contributed by atoms with Crippen molar-refractivity contribution in [1.82, 2.24) is 0 Å². The molecule has 1 nitrogen and oxygen atoms in total. The molecule has 0 aromatic carbocycles. The van der Waals surface area contributed by atoms with Gasteiger partial charge in [0.25, 0.3) is 0 Å². The summed E-state index contributed by atoms with van der Waals surface area (Å²) in [6.45, 7) is 1.66. The summed E-state index contributed by atoms with van der Waals surface area (Å²) in [5.41, 5.74) is 0. The Morgan fingerprint density at radius 3 is 2.62 bits per heavy atom. The maximum Gasteiger partial charge on any atom is 0.185 e. The number of hydrogen-bond donors (Lipinski definition) is 0. The van der Waals surface area contributed by atoms with Crippen LogP contribution in [0, 0.1) is 5.92 Å². The third-order valence-corrected chi connectivity index (χ3v) is 3.69. The van der Waals surface area contributed by atoms with Gasteiger partial charge in [-0.15, -0.1) is 0 Å². The van der Waals surface area contributed by atoms with E-state index in [0.717, 1.165) is 11.7 Å². The molecule has 0 aliphatic heterocycles. The fraction of sp³-hybridized carbons (Fsp3) is 0.909. The second-order valence-electron chi connectivity index (χ2n) is 3.99. The Bertz CT molecular complexity index is 150. The predicted octanol–water partition coefficient (Wildman–Crippen LogP) is 3.63. The number of hydrogen-bond acceptors (Lipinski definition) is 2. The molecule has 0 aromatic heterocycles. The highest BCUT2D eigenvalue weighted by molar-refractivity contribution is 8.13. The smallest absolute Gasteiger partial charge is 0.185 e. The molecule has 0 N–H and O–H groups in total. The van der Waals surface area contributed by atoms with E-state index in [4.69, 9.17) is 0 Å². The molecule has 0 unspecified atom stereocenters. The summed E-state index contributed by atoms with van der Waals surface area (Å²) in [7, 11) is 0. The molecule has 1 aliphatic rings. The summed E-state index contributed by atoms with van der Waals surface area (Å²) >= 11 is 1.48. The Morgan fingerprint density at radius 1 is 1.31 bits per heavy atom. The summed E-state index contributed by atoms with van der Waals surface area (Å²) in [4.78, 5) is 10.7. The molecule has 0 bridgehead atoms. The van der Waals surface area contributed by atoms with Crippen LogP contribution in [0.3, 0.4) is 0 Å². The molecule has 2 heteroatoms. The van der Waals surface area contributed by atoms with E-state index < -0.39 is 0 Å². The highest BCUT2D eigenvalue weighted by atomic mass is 32.2. The van der Waals surface area contributed by atoms with Gasteiger partial charge < -0.3 is 0 Å².